The third-order valence-corrected chi connectivity index (χ3v) is 5.91. The zero-order chi connectivity index (χ0) is 14.8. The molecule has 2 saturated heterocycles. The van der Waals surface area contributed by atoms with Crippen molar-refractivity contribution in [3.8, 4) is 0 Å². The normalized spacial score (nSPS) is 25.4. The number of rotatable bonds is 3. The summed E-state index contributed by atoms with van der Waals surface area (Å²) < 4.78 is 22.8. The van der Waals surface area contributed by atoms with Crippen molar-refractivity contribution in [3.63, 3.8) is 0 Å². The average Bonchev–Trinajstić information content (AvgIpc) is 2.79. The van der Waals surface area contributed by atoms with E-state index in [1.54, 1.807) is 11.9 Å². The summed E-state index contributed by atoms with van der Waals surface area (Å²) in [5, 5.41) is 0. The maximum absolute atomic E-state index is 12.1. The highest BCUT2D eigenvalue weighted by atomic mass is 32.2. The van der Waals surface area contributed by atoms with E-state index >= 15 is 0 Å². The smallest absolute Gasteiger partial charge is 0.232 e. The van der Waals surface area contributed by atoms with Crippen LogP contribution in [0.15, 0.2) is 0 Å². The van der Waals surface area contributed by atoms with Crippen LogP contribution < -0.4 is 0 Å². The van der Waals surface area contributed by atoms with Crippen LogP contribution in [-0.4, -0.2) is 67.7 Å². The molecular formula is C13H22N2O4S. The molecular weight excluding hydrogens is 280 g/mol. The van der Waals surface area contributed by atoms with Gasteiger partial charge in [-0.1, -0.05) is 0 Å². The summed E-state index contributed by atoms with van der Waals surface area (Å²) in [6.07, 6.45) is 3.46. The van der Waals surface area contributed by atoms with Crippen molar-refractivity contribution in [3.05, 3.63) is 0 Å². The van der Waals surface area contributed by atoms with Gasteiger partial charge in [-0.2, -0.15) is 0 Å². The summed E-state index contributed by atoms with van der Waals surface area (Å²) >= 11 is 0. The Labute approximate surface area is 120 Å². The summed E-state index contributed by atoms with van der Waals surface area (Å²) in [5.41, 5.74) is 0. The lowest BCUT2D eigenvalue weighted by atomic mass is 10.1. The second-order valence-corrected chi connectivity index (χ2v) is 7.91. The van der Waals surface area contributed by atoms with Gasteiger partial charge in [-0.05, 0) is 25.7 Å². The van der Waals surface area contributed by atoms with E-state index in [1.807, 2.05) is 0 Å². The van der Waals surface area contributed by atoms with E-state index in [2.05, 4.69) is 0 Å². The number of hydrogen-bond acceptors (Lipinski definition) is 4. The Morgan fingerprint density at radius 3 is 2.40 bits per heavy atom. The fourth-order valence-electron chi connectivity index (χ4n) is 2.79. The third-order valence-electron chi connectivity index (χ3n) is 4.16. The maximum atomic E-state index is 12.1. The molecule has 0 aromatic carbocycles. The topological polar surface area (TPSA) is 74.8 Å². The van der Waals surface area contributed by atoms with Crippen molar-refractivity contribution in [1.82, 2.24) is 9.80 Å². The summed E-state index contributed by atoms with van der Waals surface area (Å²) in [4.78, 5) is 27.3. The highest BCUT2D eigenvalue weighted by molar-refractivity contribution is 7.91. The lowest BCUT2D eigenvalue weighted by Gasteiger charge is -2.28. The molecule has 0 aromatic rings. The van der Waals surface area contributed by atoms with Crippen molar-refractivity contribution >= 4 is 21.7 Å². The number of piperidine rings is 1. The molecule has 6 nitrogen and oxygen atoms in total. The van der Waals surface area contributed by atoms with Crippen LogP contribution in [0.5, 0.6) is 0 Å². The summed E-state index contributed by atoms with van der Waals surface area (Å²) in [5.74, 6) is -0.257. The third kappa shape index (κ3) is 3.71. The van der Waals surface area contributed by atoms with Gasteiger partial charge in [0, 0.05) is 26.2 Å². The van der Waals surface area contributed by atoms with Crippen molar-refractivity contribution in [2.45, 2.75) is 38.1 Å². The molecule has 0 saturated carbocycles. The molecule has 2 heterocycles. The van der Waals surface area contributed by atoms with E-state index in [9.17, 15) is 18.0 Å². The number of likely N-dealkylation sites (tertiary alicyclic amines) is 1. The molecule has 0 aliphatic carbocycles. The number of amides is 2. The highest BCUT2D eigenvalue weighted by Gasteiger charge is 2.33. The highest BCUT2D eigenvalue weighted by Crippen LogP contribution is 2.18. The predicted molar refractivity (Wildman–Crippen MR) is 74.9 cm³/mol. The molecule has 0 aromatic heterocycles. The SMILES string of the molecule is CN(C(=O)CC(=O)N1CCCCC1)C1CCS(=O)(=O)C1. The van der Waals surface area contributed by atoms with Gasteiger partial charge in [0.25, 0.3) is 0 Å². The Kier molecular flexibility index (Phi) is 4.67. The first-order valence-electron chi connectivity index (χ1n) is 7.13. The lowest BCUT2D eigenvalue weighted by Crippen LogP contribution is -2.42. The van der Waals surface area contributed by atoms with Crippen LogP contribution in [0.1, 0.15) is 32.1 Å². The molecule has 0 radical (unpaired) electrons. The summed E-state index contributed by atoms with van der Waals surface area (Å²) in [6, 6.07) is -0.276. The minimum Gasteiger partial charge on any atom is -0.342 e. The molecule has 2 fully saturated rings. The second-order valence-electron chi connectivity index (χ2n) is 5.68. The van der Waals surface area contributed by atoms with Crippen LogP contribution in [-0.2, 0) is 19.4 Å². The van der Waals surface area contributed by atoms with Crippen LogP contribution in [0.4, 0.5) is 0 Å². The van der Waals surface area contributed by atoms with Crippen LogP contribution in [0.3, 0.4) is 0 Å². The summed E-state index contributed by atoms with van der Waals surface area (Å²) in [7, 11) is -1.42. The van der Waals surface area contributed by atoms with Crippen LogP contribution >= 0.6 is 0 Å². The zero-order valence-corrected chi connectivity index (χ0v) is 12.7. The van der Waals surface area contributed by atoms with Crippen LogP contribution in [0, 0.1) is 0 Å². The Hall–Kier alpha value is -1.11. The lowest BCUT2D eigenvalue weighted by molar-refractivity contribution is -0.141. The molecule has 2 aliphatic rings. The van der Waals surface area contributed by atoms with Gasteiger partial charge in [-0.3, -0.25) is 9.59 Å². The van der Waals surface area contributed by atoms with Gasteiger partial charge in [-0.25, -0.2) is 8.42 Å². The second kappa shape index (κ2) is 6.11. The zero-order valence-electron chi connectivity index (χ0n) is 11.9. The predicted octanol–water partition coefficient (Wildman–Crippen LogP) is 0.0345. The number of nitrogens with zero attached hydrogens (tertiary/aromatic N) is 2. The Morgan fingerprint density at radius 1 is 1.20 bits per heavy atom. The molecule has 20 heavy (non-hydrogen) atoms. The minimum absolute atomic E-state index is 0.0210. The molecule has 114 valence electrons. The van der Waals surface area contributed by atoms with E-state index in [0.717, 1.165) is 32.4 Å². The van der Waals surface area contributed by atoms with Gasteiger partial charge in [0.1, 0.15) is 6.42 Å². The van der Waals surface area contributed by atoms with E-state index in [1.165, 1.54) is 4.90 Å². The number of carbonyl (C=O) groups excluding carboxylic acids is 2. The van der Waals surface area contributed by atoms with Gasteiger partial charge >= 0.3 is 0 Å². The van der Waals surface area contributed by atoms with E-state index < -0.39 is 9.84 Å². The molecule has 7 heteroatoms. The van der Waals surface area contributed by atoms with E-state index in [4.69, 9.17) is 0 Å². The van der Waals surface area contributed by atoms with Gasteiger partial charge in [0.15, 0.2) is 9.84 Å². The molecule has 2 aliphatic heterocycles. The number of sulfone groups is 1. The quantitative estimate of drug-likeness (QED) is 0.690. The molecule has 0 bridgehead atoms. The maximum Gasteiger partial charge on any atom is 0.232 e. The van der Waals surface area contributed by atoms with Gasteiger partial charge in [0.05, 0.1) is 11.5 Å². The fraction of sp³-hybridized carbons (Fsp3) is 0.846. The van der Waals surface area contributed by atoms with E-state index in [-0.39, 0.29) is 35.8 Å². The first-order valence-corrected chi connectivity index (χ1v) is 8.95. The van der Waals surface area contributed by atoms with Crippen molar-refractivity contribution in [2.75, 3.05) is 31.6 Å². The summed E-state index contributed by atoms with van der Waals surface area (Å²) in [6.45, 7) is 1.46. The molecule has 0 spiro atoms. The molecule has 0 N–H and O–H groups in total. The number of carbonyl (C=O) groups is 2. The largest absolute Gasteiger partial charge is 0.342 e. The Balaban J connectivity index is 1.86. The minimum atomic E-state index is -3.01. The van der Waals surface area contributed by atoms with Gasteiger partial charge in [-0.15, -0.1) is 0 Å². The first kappa shape index (κ1) is 15.3. The van der Waals surface area contributed by atoms with Gasteiger partial charge in [0.2, 0.25) is 11.8 Å². The molecule has 2 amide bonds. The Bertz CT molecular complexity index is 483. The molecule has 1 unspecified atom stereocenters. The van der Waals surface area contributed by atoms with Crippen LogP contribution in [0.25, 0.3) is 0 Å². The fourth-order valence-corrected chi connectivity index (χ4v) is 4.57. The average molecular weight is 302 g/mol. The first-order chi connectivity index (χ1) is 9.39. The van der Waals surface area contributed by atoms with Crippen molar-refractivity contribution in [2.24, 2.45) is 0 Å². The molecule has 1 atom stereocenters. The Morgan fingerprint density at radius 2 is 1.85 bits per heavy atom. The van der Waals surface area contributed by atoms with E-state index in [0.29, 0.717) is 6.42 Å². The van der Waals surface area contributed by atoms with Crippen molar-refractivity contribution < 1.29 is 18.0 Å². The van der Waals surface area contributed by atoms with Crippen molar-refractivity contribution in [1.29, 1.82) is 0 Å². The van der Waals surface area contributed by atoms with Gasteiger partial charge < -0.3 is 9.80 Å². The monoisotopic (exact) mass is 302 g/mol. The molecule has 2 rings (SSSR count). The number of hydrogen-bond donors (Lipinski definition) is 0. The standard InChI is InChI=1S/C13H22N2O4S/c1-14(11-5-8-20(18,19)10-11)12(16)9-13(17)15-6-3-2-4-7-15/h11H,2-10H2,1H3. The van der Waals surface area contributed by atoms with Crippen LogP contribution in [0.2, 0.25) is 0 Å².